The van der Waals surface area contributed by atoms with Crippen LogP contribution in [0.15, 0.2) is 30.3 Å². The second-order valence-corrected chi connectivity index (χ2v) is 10.1. The number of amides is 2. The highest BCUT2D eigenvalue weighted by atomic mass is 19.4. The summed E-state index contributed by atoms with van der Waals surface area (Å²) in [5.74, 6) is 0.290. The van der Waals surface area contributed by atoms with Crippen LogP contribution in [0.2, 0.25) is 0 Å². The maximum Gasteiger partial charge on any atom is 0.389 e. The van der Waals surface area contributed by atoms with Gasteiger partial charge in [-0.1, -0.05) is 6.07 Å². The number of rotatable bonds is 7. The number of aryl methyl sites for hydroxylation is 2. The number of likely N-dealkylation sites (tertiary alicyclic amines) is 1. The lowest BCUT2D eigenvalue weighted by Gasteiger charge is -2.28. The number of aromatic nitrogens is 1. The summed E-state index contributed by atoms with van der Waals surface area (Å²) in [4.78, 5) is 21.3. The van der Waals surface area contributed by atoms with Gasteiger partial charge >= 0.3 is 12.2 Å². The second-order valence-electron chi connectivity index (χ2n) is 10.1. The lowest BCUT2D eigenvalue weighted by molar-refractivity contribution is -0.143. The average molecular weight is 521 g/mol. The standard InChI is InChI=1S/C27H35F3N4O3/c1-18-3-5-23(32-26(36)34-8-7-20(17-34)16-27(28,29)30)15-24(18)21-13-22(6-4-19(2)35)31-25(14-21)33-9-11-37-12-10-33/h3,5,13-15,19-20,35H,4,6-12,16-17H2,1-2H3,(H,32,36)/t19-,20?/m1/s1. The van der Waals surface area contributed by atoms with Crippen LogP contribution in [0.1, 0.15) is 37.4 Å². The molecule has 2 aliphatic heterocycles. The normalized spacial score (nSPS) is 19.2. The molecule has 2 saturated heterocycles. The van der Waals surface area contributed by atoms with Crippen molar-refractivity contribution in [1.29, 1.82) is 0 Å². The molecule has 2 atom stereocenters. The van der Waals surface area contributed by atoms with E-state index in [2.05, 4.69) is 10.2 Å². The van der Waals surface area contributed by atoms with Crippen LogP contribution < -0.4 is 10.2 Å². The predicted molar refractivity (Wildman–Crippen MR) is 137 cm³/mol. The van der Waals surface area contributed by atoms with Crippen molar-refractivity contribution in [2.75, 3.05) is 49.6 Å². The van der Waals surface area contributed by atoms with Crippen molar-refractivity contribution < 1.29 is 27.8 Å². The predicted octanol–water partition coefficient (Wildman–Crippen LogP) is 5.01. The Labute approximate surface area is 215 Å². The number of nitrogens with one attached hydrogen (secondary N) is 1. The van der Waals surface area contributed by atoms with Crippen LogP contribution in [-0.4, -0.2) is 72.7 Å². The Morgan fingerprint density at radius 1 is 1.22 bits per heavy atom. The fraction of sp³-hybridized carbons (Fsp3) is 0.556. The summed E-state index contributed by atoms with van der Waals surface area (Å²) in [5, 5.41) is 12.7. The van der Waals surface area contributed by atoms with Gasteiger partial charge in [-0.15, -0.1) is 0 Å². The molecule has 0 bridgehead atoms. The third-order valence-electron chi connectivity index (χ3n) is 6.91. The number of morpholine rings is 1. The fourth-order valence-corrected chi connectivity index (χ4v) is 4.89. The van der Waals surface area contributed by atoms with Gasteiger partial charge in [0.25, 0.3) is 0 Å². The van der Waals surface area contributed by atoms with Gasteiger partial charge in [-0.05, 0) is 80.0 Å². The second kappa shape index (κ2) is 11.7. The van der Waals surface area contributed by atoms with Gasteiger partial charge in [0.1, 0.15) is 5.82 Å². The molecule has 0 radical (unpaired) electrons. The molecule has 2 amide bonds. The van der Waals surface area contributed by atoms with Crippen molar-refractivity contribution in [2.24, 2.45) is 5.92 Å². The fourth-order valence-electron chi connectivity index (χ4n) is 4.89. The third-order valence-corrected chi connectivity index (χ3v) is 6.91. The Kier molecular flexibility index (Phi) is 8.59. The molecule has 1 aromatic carbocycles. The van der Waals surface area contributed by atoms with E-state index in [1.54, 1.807) is 13.0 Å². The summed E-state index contributed by atoms with van der Waals surface area (Å²) in [7, 11) is 0. The molecule has 37 heavy (non-hydrogen) atoms. The number of aliphatic hydroxyl groups is 1. The molecule has 3 heterocycles. The Balaban J connectivity index is 1.54. The number of carbonyl (C=O) groups is 1. The van der Waals surface area contributed by atoms with Crippen molar-refractivity contribution in [1.82, 2.24) is 9.88 Å². The van der Waals surface area contributed by atoms with Gasteiger partial charge in [0.2, 0.25) is 0 Å². The van der Waals surface area contributed by atoms with Crippen molar-refractivity contribution in [3.63, 3.8) is 0 Å². The number of halogens is 3. The lowest BCUT2D eigenvalue weighted by Crippen LogP contribution is -2.36. The van der Waals surface area contributed by atoms with Gasteiger partial charge < -0.3 is 25.0 Å². The van der Waals surface area contributed by atoms with E-state index in [4.69, 9.17) is 9.72 Å². The van der Waals surface area contributed by atoms with E-state index in [0.29, 0.717) is 44.7 Å². The number of benzene rings is 1. The van der Waals surface area contributed by atoms with Gasteiger partial charge in [0, 0.05) is 44.0 Å². The molecule has 2 aliphatic rings. The quantitative estimate of drug-likeness (QED) is 0.537. The Bertz CT molecular complexity index is 1090. The zero-order chi connectivity index (χ0) is 26.6. The van der Waals surface area contributed by atoms with Gasteiger partial charge in [-0.2, -0.15) is 13.2 Å². The molecular weight excluding hydrogens is 485 g/mol. The molecular formula is C27H35F3N4O3. The van der Waals surface area contributed by atoms with Crippen LogP contribution in [0, 0.1) is 12.8 Å². The number of hydrogen-bond acceptors (Lipinski definition) is 5. The average Bonchev–Trinajstić information content (AvgIpc) is 3.31. The molecule has 4 rings (SSSR count). The lowest BCUT2D eigenvalue weighted by atomic mass is 9.98. The molecule has 0 spiro atoms. The zero-order valence-corrected chi connectivity index (χ0v) is 21.4. The van der Waals surface area contributed by atoms with Crippen LogP contribution in [0.3, 0.4) is 0 Å². The first-order chi connectivity index (χ1) is 17.6. The topological polar surface area (TPSA) is 77.9 Å². The number of urea groups is 1. The van der Waals surface area contributed by atoms with E-state index in [0.717, 1.165) is 41.3 Å². The maximum absolute atomic E-state index is 12.8. The number of anilines is 2. The van der Waals surface area contributed by atoms with E-state index in [1.807, 2.05) is 31.2 Å². The van der Waals surface area contributed by atoms with Crippen LogP contribution >= 0.6 is 0 Å². The summed E-state index contributed by atoms with van der Waals surface area (Å²) in [6.07, 6.45) is -3.94. The Morgan fingerprint density at radius 3 is 2.68 bits per heavy atom. The van der Waals surface area contributed by atoms with Crippen LogP contribution in [0.5, 0.6) is 0 Å². The van der Waals surface area contributed by atoms with Crippen molar-refractivity contribution in [3.8, 4) is 11.1 Å². The first-order valence-electron chi connectivity index (χ1n) is 12.8. The van der Waals surface area contributed by atoms with E-state index in [9.17, 15) is 23.1 Å². The van der Waals surface area contributed by atoms with E-state index < -0.39 is 24.6 Å². The number of aliphatic hydroxyl groups excluding tert-OH is 1. The smallest absolute Gasteiger partial charge is 0.389 e. The first kappa shape index (κ1) is 27.2. The third kappa shape index (κ3) is 7.58. The first-order valence-corrected chi connectivity index (χ1v) is 12.8. The summed E-state index contributed by atoms with van der Waals surface area (Å²) in [6.45, 7) is 6.92. The van der Waals surface area contributed by atoms with Crippen LogP contribution in [0.4, 0.5) is 29.5 Å². The molecule has 2 fully saturated rings. The number of hydrogen-bond donors (Lipinski definition) is 2. The monoisotopic (exact) mass is 520 g/mol. The highest BCUT2D eigenvalue weighted by molar-refractivity contribution is 5.90. The van der Waals surface area contributed by atoms with Crippen LogP contribution in [-0.2, 0) is 11.2 Å². The number of nitrogens with zero attached hydrogens (tertiary/aromatic N) is 3. The van der Waals surface area contributed by atoms with Crippen LogP contribution in [0.25, 0.3) is 11.1 Å². The largest absolute Gasteiger partial charge is 0.393 e. The number of ether oxygens (including phenoxy) is 1. The minimum absolute atomic E-state index is 0.101. The van der Waals surface area contributed by atoms with Crippen molar-refractivity contribution >= 4 is 17.5 Å². The summed E-state index contributed by atoms with van der Waals surface area (Å²) < 4.78 is 43.7. The maximum atomic E-state index is 12.8. The zero-order valence-electron chi connectivity index (χ0n) is 21.4. The minimum atomic E-state index is -4.22. The minimum Gasteiger partial charge on any atom is -0.393 e. The molecule has 2 aromatic rings. The number of carbonyl (C=O) groups excluding carboxylic acids is 1. The summed E-state index contributed by atoms with van der Waals surface area (Å²) >= 11 is 0. The highest BCUT2D eigenvalue weighted by Crippen LogP contribution is 2.32. The van der Waals surface area contributed by atoms with Gasteiger partial charge in [-0.25, -0.2) is 9.78 Å². The molecule has 2 N–H and O–H groups in total. The summed E-state index contributed by atoms with van der Waals surface area (Å²) in [5.41, 5.74) is 4.37. The molecule has 7 nitrogen and oxygen atoms in total. The molecule has 1 aromatic heterocycles. The SMILES string of the molecule is Cc1ccc(NC(=O)N2CCC(CC(F)(F)F)C2)cc1-c1cc(CC[C@@H](C)O)nc(N2CCOCC2)c1. The molecule has 1 unspecified atom stereocenters. The molecule has 202 valence electrons. The van der Waals surface area contributed by atoms with Crippen molar-refractivity contribution in [3.05, 3.63) is 41.6 Å². The number of alkyl halides is 3. The van der Waals surface area contributed by atoms with Gasteiger partial charge in [0.15, 0.2) is 0 Å². The van der Waals surface area contributed by atoms with Crippen molar-refractivity contribution in [2.45, 2.75) is 51.8 Å². The molecule has 10 heteroatoms. The van der Waals surface area contributed by atoms with E-state index in [1.165, 1.54) is 4.90 Å². The molecule has 0 aliphatic carbocycles. The molecule has 0 saturated carbocycles. The van der Waals surface area contributed by atoms with Gasteiger partial charge in [-0.3, -0.25) is 0 Å². The highest BCUT2D eigenvalue weighted by Gasteiger charge is 2.36. The Morgan fingerprint density at radius 2 is 1.97 bits per heavy atom. The number of pyridine rings is 1. The van der Waals surface area contributed by atoms with Gasteiger partial charge in [0.05, 0.1) is 19.3 Å². The van der Waals surface area contributed by atoms with E-state index >= 15 is 0 Å². The summed E-state index contributed by atoms with van der Waals surface area (Å²) in [6, 6.07) is 9.29. The Hall–Kier alpha value is -2.85. The van der Waals surface area contributed by atoms with E-state index in [-0.39, 0.29) is 12.6 Å².